The predicted octanol–water partition coefficient (Wildman–Crippen LogP) is 0.309. The Balaban J connectivity index is 2.33. The molecule has 0 bridgehead atoms. The van der Waals surface area contributed by atoms with E-state index in [-0.39, 0.29) is 16.8 Å². The molecule has 0 spiro atoms. The van der Waals surface area contributed by atoms with Crippen LogP contribution >= 0.6 is 0 Å². The Morgan fingerprint density at radius 2 is 2.17 bits per heavy atom. The molecule has 1 aromatic heterocycles. The molecule has 1 aliphatic heterocycles. The Kier molecular flexibility index (Phi) is 3.30. The van der Waals surface area contributed by atoms with E-state index >= 15 is 0 Å². The summed E-state index contributed by atoms with van der Waals surface area (Å²) in [6, 6.07) is 0. The highest BCUT2D eigenvalue weighted by Crippen LogP contribution is 2.26. The predicted molar refractivity (Wildman–Crippen MR) is 70.3 cm³/mol. The lowest BCUT2D eigenvalue weighted by molar-refractivity contribution is 0.138. The van der Waals surface area contributed by atoms with Crippen molar-refractivity contribution in [3.05, 3.63) is 16.7 Å². The lowest BCUT2D eigenvalue weighted by atomic mass is 10.00. The number of rotatable bonds is 2. The third kappa shape index (κ3) is 2.20. The fourth-order valence-electron chi connectivity index (χ4n) is 2.21. The van der Waals surface area contributed by atoms with Crippen LogP contribution in [0, 0.1) is 0 Å². The number of aromatic amines is 1. The average Bonchev–Trinajstić information content (AvgIpc) is 2.32. The van der Waals surface area contributed by atoms with Crippen molar-refractivity contribution in [2.75, 3.05) is 38.7 Å². The van der Waals surface area contributed by atoms with Gasteiger partial charge in [0.2, 0.25) is 5.75 Å². The van der Waals surface area contributed by atoms with Crippen LogP contribution in [0.4, 0.5) is 5.82 Å². The molecule has 0 amide bonds. The van der Waals surface area contributed by atoms with Gasteiger partial charge in [-0.15, -0.1) is 0 Å². The van der Waals surface area contributed by atoms with E-state index in [2.05, 4.69) is 40.7 Å². The summed E-state index contributed by atoms with van der Waals surface area (Å²) in [6.45, 7) is 6.95. The number of hydrogen-bond acceptors (Lipinski definition) is 5. The summed E-state index contributed by atoms with van der Waals surface area (Å²) >= 11 is 0. The molecule has 6 nitrogen and oxygen atoms in total. The van der Waals surface area contributed by atoms with Gasteiger partial charge in [-0.1, -0.05) is 0 Å². The number of nitrogens with zero attached hydrogens (tertiary/aromatic N) is 3. The molecular formula is C12H20N4O2. The molecule has 1 fully saturated rings. The maximum atomic E-state index is 11.7. The molecule has 1 aromatic rings. The fraction of sp³-hybridized carbons (Fsp3) is 0.667. The zero-order chi connectivity index (χ0) is 13.3. The van der Waals surface area contributed by atoms with Gasteiger partial charge in [0.05, 0.1) is 13.4 Å². The smallest absolute Gasteiger partial charge is 0.295 e. The molecule has 0 radical (unpaired) electrons. The third-order valence-electron chi connectivity index (χ3n) is 3.61. The van der Waals surface area contributed by atoms with Gasteiger partial charge in [0.15, 0.2) is 5.82 Å². The topological polar surface area (TPSA) is 61.5 Å². The van der Waals surface area contributed by atoms with Crippen LogP contribution in [0.5, 0.6) is 5.75 Å². The second-order valence-electron chi connectivity index (χ2n) is 5.24. The van der Waals surface area contributed by atoms with E-state index in [4.69, 9.17) is 4.74 Å². The maximum Gasteiger partial charge on any atom is 0.295 e. The summed E-state index contributed by atoms with van der Waals surface area (Å²) in [6.07, 6.45) is 1.42. The van der Waals surface area contributed by atoms with Gasteiger partial charge >= 0.3 is 0 Å². The molecule has 18 heavy (non-hydrogen) atoms. The van der Waals surface area contributed by atoms with Crippen LogP contribution in [-0.4, -0.2) is 54.2 Å². The van der Waals surface area contributed by atoms with E-state index < -0.39 is 0 Å². The maximum absolute atomic E-state index is 11.7. The Hall–Kier alpha value is -1.56. The Morgan fingerprint density at radius 1 is 1.44 bits per heavy atom. The van der Waals surface area contributed by atoms with Gasteiger partial charge in [0.25, 0.3) is 5.56 Å². The van der Waals surface area contributed by atoms with Gasteiger partial charge in [-0.3, -0.25) is 9.69 Å². The molecule has 0 atom stereocenters. The minimum absolute atomic E-state index is 0.0492. The number of ether oxygens (including phenoxy) is 1. The van der Waals surface area contributed by atoms with Crippen molar-refractivity contribution in [1.29, 1.82) is 0 Å². The molecule has 0 aliphatic carbocycles. The molecule has 6 heteroatoms. The number of hydrogen-bond donors (Lipinski definition) is 1. The normalized spacial score (nSPS) is 19.9. The summed E-state index contributed by atoms with van der Waals surface area (Å²) in [5.74, 6) is 0.917. The molecule has 2 rings (SSSR count). The van der Waals surface area contributed by atoms with Gasteiger partial charge in [-0.05, 0) is 20.9 Å². The van der Waals surface area contributed by atoms with Crippen molar-refractivity contribution in [2.24, 2.45) is 0 Å². The first-order valence-electron chi connectivity index (χ1n) is 6.03. The first kappa shape index (κ1) is 12.9. The van der Waals surface area contributed by atoms with Crippen LogP contribution in [0.15, 0.2) is 11.1 Å². The number of likely N-dealkylation sites (N-methyl/N-ethyl adjacent to an activating group) is 1. The van der Waals surface area contributed by atoms with Crippen LogP contribution in [0.1, 0.15) is 13.8 Å². The zero-order valence-corrected chi connectivity index (χ0v) is 11.4. The van der Waals surface area contributed by atoms with Crippen LogP contribution in [0.2, 0.25) is 0 Å². The van der Waals surface area contributed by atoms with E-state index in [0.29, 0.717) is 5.82 Å². The van der Waals surface area contributed by atoms with Crippen LogP contribution < -0.4 is 15.2 Å². The van der Waals surface area contributed by atoms with E-state index in [9.17, 15) is 4.79 Å². The molecule has 1 N–H and O–H groups in total. The number of H-pyrrole nitrogens is 1. The molecule has 1 aliphatic rings. The highest BCUT2D eigenvalue weighted by atomic mass is 16.5. The van der Waals surface area contributed by atoms with Crippen molar-refractivity contribution in [1.82, 2.24) is 14.9 Å². The van der Waals surface area contributed by atoms with Crippen molar-refractivity contribution < 1.29 is 4.74 Å². The van der Waals surface area contributed by atoms with E-state index in [0.717, 1.165) is 19.6 Å². The van der Waals surface area contributed by atoms with Gasteiger partial charge < -0.3 is 14.6 Å². The number of methoxy groups -OCH3 is 1. The SMILES string of the molecule is COc1c(N2CCN(C)C(C)(C)C2)nc[nH]c1=O. The Labute approximate surface area is 107 Å². The minimum atomic E-state index is -0.237. The van der Waals surface area contributed by atoms with Crippen molar-refractivity contribution in [3.63, 3.8) is 0 Å². The second kappa shape index (κ2) is 4.61. The summed E-state index contributed by atoms with van der Waals surface area (Å²) in [5, 5.41) is 0. The number of aromatic nitrogens is 2. The lowest BCUT2D eigenvalue weighted by Crippen LogP contribution is -2.58. The fourth-order valence-corrected chi connectivity index (χ4v) is 2.21. The van der Waals surface area contributed by atoms with Crippen molar-refractivity contribution in [2.45, 2.75) is 19.4 Å². The molecule has 0 aromatic carbocycles. The largest absolute Gasteiger partial charge is 0.489 e. The molecule has 100 valence electrons. The standard InChI is InChI=1S/C12H20N4O2/c1-12(2)7-16(6-5-15(12)3)10-9(18-4)11(17)14-8-13-10/h8H,5-7H2,1-4H3,(H,13,14,17). The average molecular weight is 252 g/mol. The van der Waals surface area contributed by atoms with E-state index in [1.807, 2.05) is 0 Å². The van der Waals surface area contributed by atoms with Gasteiger partial charge in [-0.25, -0.2) is 4.98 Å². The van der Waals surface area contributed by atoms with Gasteiger partial charge in [0.1, 0.15) is 0 Å². The van der Waals surface area contributed by atoms with Gasteiger partial charge in [-0.2, -0.15) is 0 Å². The quantitative estimate of drug-likeness (QED) is 0.821. The van der Waals surface area contributed by atoms with Crippen LogP contribution in [0.25, 0.3) is 0 Å². The zero-order valence-electron chi connectivity index (χ0n) is 11.4. The second-order valence-corrected chi connectivity index (χ2v) is 5.24. The van der Waals surface area contributed by atoms with Crippen LogP contribution in [-0.2, 0) is 0 Å². The Bertz CT molecular complexity index is 483. The summed E-state index contributed by atoms with van der Waals surface area (Å²) in [4.78, 5) is 22.9. The molecule has 0 saturated carbocycles. The van der Waals surface area contributed by atoms with E-state index in [1.54, 1.807) is 0 Å². The minimum Gasteiger partial charge on any atom is -0.489 e. The number of nitrogens with one attached hydrogen (secondary N) is 1. The third-order valence-corrected chi connectivity index (χ3v) is 3.61. The summed E-state index contributed by atoms with van der Waals surface area (Å²) in [7, 11) is 3.61. The lowest BCUT2D eigenvalue weighted by Gasteiger charge is -2.45. The first-order valence-corrected chi connectivity index (χ1v) is 6.03. The van der Waals surface area contributed by atoms with Crippen molar-refractivity contribution in [3.8, 4) is 5.75 Å². The highest BCUT2D eigenvalue weighted by Gasteiger charge is 2.33. The monoisotopic (exact) mass is 252 g/mol. The van der Waals surface area contributed by atoms with E-state index in [1.165, 1.54) is 13.4 Å². The van der Waals surface area contributed by atoms with Crippen molar-refractivity contribution >= 4 is 5.82 Å². The molecule has 0 unspecified atom stereocenters. The number of piperazine rings is 1. The highest BCUT2D eigenvalue weighted by molar-refractivity contribution is 5.51. The molecular weight excluding hydrogens is 232 g/mol. The van der Waals surface area contributed by atoms with Crippen LogP contribution in [0.3, 0.4) is 0 Å². The Morgan fingerprint density at radius 3 is 2.78 bits per heavy atom. The summed E-state index contributed by atoms with van der Waals surface area (Å²) in [5.41, 5.74) is -0.188. The number of anilines is 1. The molecule has 1 saturated heterocycles. The van der Waals surface area contributed by atoms with Gasteiger partial charge in [0, 0.05) is 25.2 Å². The first-order chi connectivity index (χ1) is 8.45. The molecule has 2 heterocycles. The summed E-state index contributed by atoms with van der Waals surface area (Å²) < 4.78 is 5.16.